The molecule has 1 aliphatic rings. The summed E-state index contributed by atoms with van der Waals surface area (Å²) < 4.78 is 11.6. The minimum Gasteiger partial charge on any atom is -0.464 e. The zero-order valence-electron chi connectivity index (χ0n) is 16.5. The Morgan fingerprint density at radius 3 is 2.07 bits per heavy atom. The van der Waals surface area contributed by atoms with Gasteiger partial charge in [0.05, 0.1) is 6.61 Å². The molecule has 0 aliphatic carbocycles. The van der Waals surface area contributed by atoms with Gasteiger partial charge in [-0.05, 0) is 19.1 Å². The monoisotopic (exact) mass is 399 g/mol. The summed E-state index contributed by atoms with van der Waals surface area (Å²) in [6.45, 7) is 1.86. The van der Waals surface area contributed by atoms with Crippen LogP contribution in [0.4, 0.5) is 5.69 Å². The lowest BCUT2D eigenvalue weighted by Gasteiger charge is -2.37. The number of benzene rings is 3. The van der Waals surface area contributed by atoms with Gasteiger partial charge in [-0.15, -0.1) is 0 Å². The van der Waals surface area contributed by atoms with Gasteiger partial charge < -0.3 is 9.47 Å². The van der Waals surface area contributed by atoms with Gasteiger partial charge in [0.2, 0.25) is 6.23 Å². The molecule has 3 aromatic rings. The van der Waals surface area contributed by atoms with Crippen LogP contribution in [0, 0.1) is 0 Å². The Kier molecular flexibility index (Phi) is 5.61. The Hall–Kier alpha value is -3.86. The number of ether oxygens (including phenoxy) is 2. The van der Waals surface area contributed by atoms with Crippen LogP contribution < -0.4 is 4.90 Å². The Balaban J connectivity index is 1.92. The van der Waals surface area contributed by atoms with Crippen molar-refractivity contribution in [3.8, 4) is 0 Å². The summed E-state index contributed by atoms with van der Waals surface area (Å²) in [5, 5.41) is 0. The van der Waals surface area contributed by atoms with Crippen molar-refractivity contribution in [3.05, 3.63) is 108 Å². The van der Waals surface area contributed by atoms with E-state index >= 15 is 0 Å². The van der Waals surface area contributed by atoms with Crippen LogP contribution in [0.5, 0.6) is 0 Å². The Labute approximate surface area is 175 Å². The minimum atomic E-state index is -0.727. The number of anilines is 1. The second-order valence-electron chi connectivity index (χ2n) is 6.68. The SMILES string of the molecule is CCOC(=O)C1=C(c2ccccc2)OC(c2ccccc2)N(c2ccccc2)C1=O. The zero-order valence-corrected chi connectivity index (χ0v) is 16.5. The van der Waals surface area contributed by atoms with E-state index in [-0.39, 0.29) is 17.9 Å². The van der Waals surface area contributed by atoms with Gasteiger partial charge in [-0.3, -0.25) is 9.69 Å². The molecule has 1 unspecified atom stereocenters. The van der Waals surface area contributed by atoms with Crippen molar-refractivity contribution in [2.45, 2.75) is 13.2 Å². The largest absolute Gasteiger partial charge is 0.464 e. The van der Waals surface area contributed by atoms with Gasteiger partial charge in [0, 0.05) is 16.8 Å². The third kappa shape index (κ3) is 3.70. The molecule has 4 rings (SSSR count). The molecule has 0 fully saturated rings. The van der Waals surface area contributed by atoms with Gasteiger partial charge in [-0.25, -0.2) is 4.79 Å². The van der Waals surface area contributed by atoms with Crippen LogP contribution in [-0.2, 0) is 19.1 Å². The molecule has 150 valence electrons. The maximum absolute atomic E-state index is 13.7. The molecule has 5 nitrogen and oxygen atoms in total. The van der Waals surface area contributed by atoms with E-state index in [9.17, 15) is 9.59 Å². The lowest BCUT2D eigenvalue weighted by molar-refractivity contribution is -0.140. The fourth-order valence-corrected chi connectivity index (χ4v) is 3.41. The Morgan fingerprint density at radius 2 is 1.47 bits per heavy atom. The van der Waals surface area contributed by atoms with Gasteiger partial charge in [-0.2, -0.15) is 0 Å². The predicted octanol–water partition coefficient (Wildman–Crippen LogP) is 4.72. The summed E-state index contributed by atoms with van der Waals surface area (Å²) in [7, 11) is 0. The highest BCUT2D eigenvalue weighted by Crippen LogP contribution is 2.40. The van der Waals surface area contributed by atoms with E-state index in [1.807, 2.05) is 91.0 Å². The molecule has 1 aliphatic heterocycles. The number of esters is 1. The van der Waals surface area contributed by atoms with Gasteiger partial charge in [0.15, 0.2) is 5.57 Å². The smallest absolute Gasteiger partial charge is 0.347 e. The van der Waals surface area contributed by atoms with Crippen molar-refractivity contribution in [2.75, 3.05) is 11.5 Å². The maximum atomic E-state index is 13.7. The molecule has 1 heterocycles. The van der Waals surface area contributed by atoms with E-state index in [4.69, 9.17) is 9.47 Å². The standard InChI is InChI=1S/C25H21NO4/c1-2-29-25(28)21-22(18-12-6-3-7-13-18)30-24(19-14-8-4-9-15-19)26(23(21)27)20-16-10-5-11-17-20/h3-17,24H,2H2,1H3. The van der Waals surface area contributed by atoms with Crippen LogP contribution in [0.15, 0.2) is 96.6 Å². The summed E-state index contributed by atoms with van der Waals surface area (Å²) >= 11 is 0. The second kappa shape index (κ2) is 8.66. The molecular weight excluding hydrogens is 378 g/mol. The summed E-state index contributed by atoms with van der Waals surface area (Å²) in [6, 6.07) is 27.8. The number of carbonyl (C=O) groups excluding carboxylic acids is 2. The highest BCUT2D eigenvalue weighted by Gasteiger charge is 2.41. The molecule has 0 saturated heterocycles. The summed E-state index contributed by atoms with van der Waals surface area (Å²) in [5.74, 6) is -0.938. The summed E-state index contributed by atoms with van der Waals surface area (Å²) in [6.07, 6.45) is -0.727. The maximum Gasteiger partial charge on any atom is 0.347 e. The van der Waals surface area contributed by atoms with E-state index in [1.54, 1.807) is 6.92 Å². The van der Waals surface area contributed by atoms with Crippen molar-refractivity contribution in [3.63, 3.8) is 0 Å². The van der Waals surface area contributed by atoms with Crippen molar-refractivity contribution in [1.82, 2.24) is 0 Å². The number of rotatable bonds is 5. The molecule has 1 atom stereocenters. The molecule has 0 spiro atoms. The van der Waals surface area contributed by atoms with Crippen molar-refractivity contribution in [2.24, 2.45) is 0 Å². The third-order valence-corrected chi connectivity index (χ3v) is 4.76. The molecule has 0 radical (unpaired) electrons. The number of amides is 1. The molecule has 3 aromatic carbocycles. The number of hydrogen-bond donors (Lipinski definition) is 0. The lowest BCUT2D eigenvalue weighted by atomic mass is 10.0. The molecule has 30 heavy (non-hydrogen) atoms. The normalized spacial score (nSPS) is 16.2. The number of nitrogens with zero attached hydrogens (tertiary/aromatic N) is 1. The van der Waals surface area contributed by atoms with E-state index in [0.29, 0.717) is 11.3 Å². The van der Waals surface area contributed by atoms with Crippen LogP contribution in [0.2, 0.25) is 0 Å². The van der Waals surface area contributed by atoms with Crippen molar-refractivity contribution >= 4 is 23.3 Å². The van der Waals surface area contributed by atoms with E-state index in [1.165, 1.54) is 4.90 Å². The Bertz CT molecular complexity index is 1060. The average molecular weight is 399 g/mol. The van der Waals surface area contributed by atoms with E-state index < -0.39 is 18.1 Å². The first kappa shape index (κ1) is 19.5. The van der Waals surface area contributed by atoms with Crippen LogP contribution in [-0.4, -0.2) is 18.5 Å². The third-order valence-electron chi connectivity index (χ3n) is 4.76. The number of carbonyl (C=O) groups is 2. The first-order valence-electron chi connectivity index (χ1n) is 9.77. The molecule has 5 heteroatoms. The van der Waals surface area contributed by atoms with Crippen LogP contribution >= 0.6 is 0 Å². The molecule has 0 N–H and O–H groups in total. The highest BCUT2D eigenvalue weighted by atomic mass is 16.5. The van der Waals surface area contributed by atoms with Crippen LogP contribution in [0.25, 0.3) is 5.76 Å². The van der Waals surface area contributed by atoms with Crippen molar-refractivity contribution < 1.29 is 19.1 Å². The molecule has 0 saturated carbocycles. The average Bonchev–Trinajstić information content (AvgIpc) is 2.80. The Morgan fingerprint density at radius 1 is 0.900 bits per heavy atom. The first-order valence-corrected chi connectivity index (χ1v) is 9.77. The number of hydrogen-bond acceptors (Lipinski definition) is 4. The zero-order chi connectivity index (χ0) is 20.9. The van der Waals surface area contributed by atoms with E-state index in [0.717, 1.165) is 5.56 Å². The quantitative estimate of drug-likeness (QED) is 0.460. The first-order chi connectivity index (χ1) is 14.7. The van der Waals surface area contributed by atoms with Crippen molar-refractivity contribution in [1.29, 1.82) is 0 Å². The fourth-order valence-electron chi connectivity index (χ4n) is 3.41. The van der Waals surface area contributed by atoms with Gasteiger partial charge in [0.1, 0.15) is 5.76 Å². The minimum absolute atomic E-state index is 0.112. The second-order valence-corrected chi connectivity index (χ2v) is 6.68. The molecule has 0 bridgehead atoms. The van der Waals surface area contributed by atoms with Gasteiger partial charge in [0.25, 0.3) is 5.91 Å². The molecular formula is C25H21NO4. The molecule has 0 aromatic heterocycles. The number of para-hydroxylation sites is 1. The topological polar surface area (TPSA) is 55.8 Å². The van der Waals surface area contributed by atoms with Gasteiger partial charge in [-0.1, -0.05) is 78.9 Å². The summed E-state index contributed by atoms with van der Waals surface area (Å²) in [5.41, 5.74) is 1.96. The highest BCUT2D eigenvalue weighted by molar-refractivity contribution is 6.27. The predicted molar refractivity (Wildman–Crippen MR) is 114 cm³/mol. The van der Waals surface area contributed by atoms with E-state index in [2.05, 4.69) is 0 Å². The lowest BCUT2D eigenvalue weighted by Crippen LogP contribution is -2.43. The van der Waals surface area contributed by atoms with Crippen LogP contribution in [0.3, 0.4) is 0 Å². The fraction of sp³-hybridized carbons (Fsp3) is 0.120. The van der Waals surface area contributed by atoms with Gasteiger partial charge >= 0.3 is 5.97 Å². The molecule has 1 amide bonds. The summed E-state index contributed by atoms with van der Waals surface area (Å²) in [4.78, 5) is 28.0. The van der Waals surface area contributed by atoms with Crippen LogP contribution in [0.1, 0.15) is 24.3 Å².